The molecule has 1 saturated heterocycles. The van der Waals surface area contributed by atoms with Gasteiger partial charge in [-0.25, -0.2) is 0 Å². The summed E-state index contributed by atoms with van der Waals surface area (Å²) in [4.78, 5) is 41.4. The number of amides is 3. The first kappa shape index (κ1) is 26.6. The van der Waals surface area contributed by atoms with Gasteiger partial charge in [-0.2, -0.15) is 5.26 Å². The normalized spacial score (nSPS) is 17.7. The first-order valence-electron chi connectivity index (χ1n) is 11.7. The van der Waals surface area contributed by atoms with E-state index in [9.17, 15) is 19.6 Å². The van der Waals surface area contributed by atoms with E-state index >= 15 is 0 Å². The predicted molar refractivity (Wildman–Crippen MR) is 137 cm³/mol. The van der Waals surface area contributed by atoms with Crippen LogP contribution in [0.5, 0.6) is 5.75 Å². The van der Waals surface area contributed by atoms with Gasteiger partial charge in [0, 0.05) is 30.9 Å². The molecule has 1 aliphatic rings. The van der Waals surface area contributed by atoms with E-state index in [4.69, 9.17) is 16.3 Å². The lowest BCUT2D eigenvalue weighted by Crippen LogP contribution is -2.52. The number of nitriles is 1. The quantitative estimate of drug-likeness (QED) is 0.379. The van der Waals surface area contributed by atoms with Gasteiger partial charge >= 0.3 is 0 Å². The van der Waals surface area contributed by atoms with Crippen LogP contribution in [0.3, 0.4) is 0 Å². The van der Waals surface area contributed by atoms with Crippen molar-refractivity contribution in [2.24, 2.45) is 5.92 Å². The summed E-state index contributed by atoms with van der Waals surface area (Å²) in [6.07, 6.45) is 1.77. The molecule has 0 bridgehead atoms. The van der Waals surface area contributed by atoms with E-state index in [1.807, 2.05) is 0 Å². The third-order valence-electron chi connectivity index (χ3n) is 5.96. The van der Waals surface area contributed by atoms with Crippen LogP contribution in [0.1, 0.15) is 29.8 Å². The SMILES string of the molecule is COc1cc(Cl)cc2[nH]c(C(=O)NC(C[Si](C)(C)C)C(=O)N[C@H](C#N)CC3CCCNC3=O)cc12. The number of nitrogens with one attached hydrogen (secondary N) is 4. The summed E-state index contributed by atoms with van der Waals surface area (Å²) in [5, 5.41) is 19.2. The number of methoxy groups -OCH3 is 1. The number of piperidine rings is 1. The maximum Gasteiger partial charge on any atom is 0.268 e. The fourth-order valence-corrected chi connectivity index (χ4v) is 6.00. The van der Waals surface area contributed by atoms with Gasteiger partial charge in [-0.3, -0.25) is 14.4 Å². The third-order valence-corrected chi connectivity index (χ3v) is 7.81. The molecule has 188 valence electrons. The van der Waals surface area contributed by atoms with Gasteiger partial charge in [0.05, 0.1) is 18.7 Å². The van der Waals surface area contributed by atoms with Crippen LogP contribution in [-0.2, 0) is 9.59 Å². The molecule has 4 N–H and O–H groups in total. The minimum absolute atomic E-state index is 0.0907. The van der Waals surface area contributed by atoms with Crippen molar-refractivity contribution in [3.05, 3.63) is 28.9 Å². The largest absolute Gasteiger partial charge is 0.496 e. The van der Waals surface area contributed by atoms with Crippen LogP contribution in [0.4, 0.5) is 0 Å². The zero-order valence-electron chi connectivity index (χ0n) is 20.5. The number of hydrogen-bond acceptors (Lipinski definition) is 5. The highest BCUT2D eigenvalue weighted by atomic mass is 35.5. The highest BCUT2D eigenvalue weighted by Gasteiger charge is 2.31. The number of ether oxygens (including phenoxy) is 1. The molecule has 1 aromatic heterocycles. The van der Waals surface area contributed by atoms with E-state index in [1.54, 1.807) is 18.2 Å². The Bertz CT molecular complexity index is 1150. The third kappa shape index (κ3) is 6.99. The number of benzene rings is 1. The molecule has 35 heavy (non-hydrogen) atoms. The molecule has 0 saturated carbocycles. The smallest absolute Gasteiger partial charge is 0.268 e. The summed E-state index contributed by atoms with van der Waals surface area (Å²) < 4.78 is 5.36. The summed E-state index contributed by atoms with van der Waals surface area (Å²) in [7, 11) is -0.267. The van der Waals surface area contributed by atoms with Crippen LogP contribution in [0.25, 0.3) is 10.9 Å². The molecule has 2 heterocycles. The molecular formula is C24H32ClN5O4Si. The molecule has 3 atom stereocenters. The van der Waals surface area contributed by atoms with Crippen molar-refractivity contribution in [1.29, 1.82) is 5.26 Å². The first-order valence-corrected chi connectivity index (χ1v) is 15.7. The molecule has 1 aliphatic heterocycles. The fourth-order valence-electron chi connectivity index (χ4n) is 4.28. The van der Waals surface area contributed by atoms with Crippen LogP contribution in [-0.4, -0.2) is 56.5 Å². The molecule has 0 aliphatic carbocycles. The fraction of sp³-hybridized carbons (Fsp3) is 0.500. The molecular weight excluding hydrogens is 486 g/mol. The number of carbonyl (C=O) groups is 3. The number of carbonyl (C=O) groups excluding carboxylic acids is 3. The zero-order valence-corrected chi connectivity index (χ0v) is 22.2. The molecule has 2 aromatic rings. The van der Waals surface area contributed by atoms with E-state index in [2.05, 4.69) is 46.6 Å². The second-order valence-corrected chi connectivity index (χ2v) is 16.1. The van der Waals surface area contributed by atoms with E-state index in [0.717, 1.165) is 6.42 Å². The maximum atomic E-state index is 13.2. The minimum atomic E-state index is -1.79. The standard InChI is InChI=1S/C24H32ClN5O4Si/c1-34-21-10-15(25)9-18-17(21)11-19(29-18)23(32)30-20(13-35(2,3)4)24(33)28-16(12-26)8-14-6-5-7-27-22(14)31/h9-11,14,16,20,29H,5-8,13H2,1-4H3,(H,27,31)(H,28,33)(H,30,32)/t14?,16-,20?/m0/s1. The molecule has 1 fully saturated rings. The lowest BCUT2D eigenvalue weighted by Gasteiger charge is -2.27. The van der Waals surface area contributed by atoms with Gasteiger partial charge in [-0.1, -0.05) is 31.2 Å². The molecule has 1 aromatic carbocycles. The molecule has 3 rings (SSSR count). The van der Waals surface area contributed by atoms with Gasteiger partial charge < -0.3 is 25.7 Å². The number of halogens is 1. The Hall–Kier alpha value is -3.03. The first-order chi connectivity index (χ1) is 16.5. The van der Waals surface area contributed by atoms with Crippen molar-refractivity contribution in [2.45, 2.75) is 57.0 Å². The Morgan fingerprint density at radius 1 is 1.29 bits per heavy atom. The number of H-pyrrole nitrogens is 1. The Balaban J connectivity index is 1.76. The number of aromatic amines is 1. The van der Waals surface area contributed by atoms with Crippen LogP contribution < -0.4 is 20.7 Å². The molecule has 2 unspecified atom stereocenters. The predicted octanol–water partition coefficient (Wildman–Crippen LogP) is 3.19. The van der Waals surface area contributed by atoms with Crippen molar-refractivity contribution in [2.75, 3.05) is 13.7 Å². The van der Waals surface area contributed by atoms with Crippen molar-refractivity contribution in [3.63, 3.8) is 0 Å². The number of aromatic nitrogens is 1. The van der Waals surface area contributed by atoms with Gasteiger partial charge in [0.2, 0.25) is 11.8 Å². The second kappa shape index (κ2) is 11.1. The van der Waals surface area contributed by atoms with Gasteiger partial charge in [-0.15, -0.1) is 0 Å². The minimum Gasteiger partial charge on any atom is -0.496 e. The lowest BCUT2D eigenvalue weighted by atomic mass is 9.92. The molecule has 11 heteroatoms. The average Bonchev–Trinajstić information content (AvgIpc) is 3.22. The number of nitrogens with zero attached hydrogens (tertiary/aromatic N) is 1. The van der Waals surface area contributed by atoms with Gasteiger partial charge in [0.15, 0.2) is 0 Å². The average molecular weight is 518 g/mol. The molecule has 0 radical (unpaired) electrons. The van der Waals surface area contributed by atoms with Crippen molar-refractivity contribution >= 4 is 48.3 Å². The summed E-state index contributed by atoms with van der Waals surface area (Å²) in [6.45, 7) is 6.94. The van der Waals surface area contributed by atoms with E-state index < -0.39 is 32.0 Å². The number of hydrogen-bond donors (Lipinski definition) is 4. The summed E-state index contributed by atoms with van der Waals surface area (Å²) >= 11 is 6.13. The van der Waals surface area contributed by atoms with Crippen LogP contribution in [0.2, 0.25) is 30.7 Å². The van der Waals surface area contributed by atoms with Crippen LogP contribution in [0, 0.1) is 17.2 Å². The van der Waals surface area contributed by atoms with E-state index in [1.165, 1.54) is 7.11 Å². The van der Waals surface area contributed by atoms with Gasteiger partial charge in [0.25, 0.3) is 5.91 Å². The van der Waals surface area contributed by atoms with Crippen LogP contribution in [0.15, 0.2) is 18.2 Å². The summed E-state index contributed by atoms with van der Waals surface area (Å²) in [5.41, 5.74) is 0.908. The summed E-state index contributed by atoms with van der Waals surface area (Å²) in [6, 6.07) is 5.96. The molecule has 9 nitrogen and oxygen atoms in total. The van der Waals surface area contributed by atoms with Gasteiger partial charge in [-0.05, 0) is 43.5 Å². The Morgan fingerprint density at radius 3 is 2.66 bits per heavy atom. The van der Waals surface area contributed by atoms with Crippen molar-refractivity contribution < 1.29 is 19.1 Å². The molecule has 3 amide bonds. The van der Waals surface area contributed by atoms with Crippen molar-refractivity contribution in [3.8, 4) is 11.8 Å². The Labute approximate surface area is 210 Å². The van der Waals surface area contributed by atoms with E-state index in [0.29, 0.717) is 40.7 Å². The molecule has 0 spiro atoms. The zero-order chi connectivity index (χ0) is 25.8. The highest BCUT2D eigenvalue weighted by molar-refractivity contribution is 6.76. The van der Waals surface area contributed by atoms with E-state index in [-0.39, 0.29) is 23.9 Å². The van der Waals surface area contributed by atoms with Gasteiger partial charge in [0.1, 0.15) is 23.5 Å². The lowest BCUT2D eigenvalue weighted by molar-refractivity contribution is -0.128. The second-order valence-electron chi connectivity index (χ2n) is 10.1. The number of rotatable bonds is 9. The Morgan fingerprint density at radius 2 is 2.03 bits per heavy atom. The Kier molecular flexibility index (Phi) is 8.46. The summed E-state index contributed by atoms with van der Waals surface area (Å²) in [5.74, 6) is -0.750. The van der Waals surface area contributed by atoms with Crippen molar-refractivity contribution in [1.82, 2.24) is 20.9 Å². The number of fused-ring (bicyclic) bond motifs is 1. The monoisotopic (exact) mass is 517 g/mol. The topological polar surface area (TPSA) is 136 Å². The maximum absolute atomic E-state index is 13.2. The van der Waals surface area contributed by atoms with Crippen LogP contribution >= 0.6 is 11.6 Å². The highest BCUT2D eigenvalue weighted by Crippen LogP contribution is 2.30.